The zero-order chi connectivity index (χ0) is 18.4. The molecular weight excluding hydrogens is 364 g/mol. The summed E-state index contributed by atoms with van der Waals surface area (Å²) < 4.78 is 26.7. The van der Waals surface area contributed by atoms with E-state index in [1.165, 1.54) is 15.6 Å². The molecule has 2 heterocycles. The minimum absolute atomic E-state index is 0.0303. The Hall–Kier alpha value is -1.49. The second-order valence-corrected chi connectivity index (χ2v) is 9.22. The van der Waals surface area contributed by atoms with E-state index in [-0.39, 0.29) is 30.9 Å². The quantitative estimate of drug-likeness (QED) is 0.668. The second-order valence-electron chi connectivity index (χ2n) is 6.11. The Morgan fingerprint density at radius 1 is 1.20 bits per heavy atom. The maximum atomic E-state index is 12.4. The van der Waals surface area contributed by atoms with Gasteiger partial charge in [-0.2, -0.15) is 4.31 Å². The smallest absolute Gasteiger partial charge is 0.252 e. The summed E-state index contributed by atoms with van der Waals surface area (Å²) >= 11 is 1.20. The molecule has 0 bridgehead atoms. The van der Waals surface area contributed by atoms with Gasteiger partial charge < -0.3 is 10.6 Å². The molecular formula is C15H24N4O4S2. The average Bonchev–Trinajstić information content (AvgIpc) is 3.08. The van der Waals surface area contributed by atoms with Gasteiger partial charge in [-0.15, -0.1) is 11.3 Å². The van der Waals surface area contributed by atoms with Crippen LogP contribution in [0.5, 0.6) is 0 Å². The van der Waals surface area contributed by atoms with E-state index in [1.54, 1.807) is 17.5 Å². The van der Waals surface area contributed by atoms with E-state index in [0.29, 0.717) is 30.4 Å². The van der Waals surface area contributed by atoms with E-state index in [0.717, 1.165) is 0 Å². The normalized spacial score (nSPS) is 16.8. The van der Waals surface area contributed by atoms with E-state index in [1.807, 2.05) is 18.7 Å². The molecule has 1 aliphatic rings. The van der Waals surface area contributed by atoms with Crippen molar-refractivity contribution in [1.82, 2.24) is 19.8 Å². The number of nitrogens with zero attached hydrogens (tertiary/aromatic N) is 2. The van der Waals surface area contributed by atoms with E-state index < -0.39 is 10.0 Å². The fourth-order valence-corrected chi connectivity index (χ4v) is 5.04. The SMILES string of the molecule is CC(C)NC(=O)CNC(=O)CN1CCN(S(=O)(=O)c2cccs2)CC1. The third-order valence-corrected chi connectivity index (χ3v) is 6.96. The average molecular weight is 389 g/mol. The van der Waals surface area contributed by atoms with E-state index in [4.69, 9.17) is 0 Å². The number of hydrogen-bond acceptors (Lipinski definition) is 6. The first-order chi connectivity index (χ1) is 11.8. The first-order valence-corrected chi connectivity index (χ1v) is 10.4. The molecule has 0 radical (unpaired) electrons. The Kier molecular flexibility index (Phi) is 6.94. The van der Waals surface area contributed by atoms with Crippen LogP contribution in [0, 0.1) is 0 Å². The van der Waals surface area contributed by atoms with Crippen molar-refractivity contribution in [2.24, 2.45) is 0 Å². The number of carbonyl (C=O) groups excluding carboxylic acids is 2. The summed E-state index contributed by atoms with van der Waals surface area (Å²) in [4.78, 5) is 25.3. The molecule has 1 saturated heterocycles. The highest BCUT2D eigenvalue weighted by atomic mass is 32.2. The molecule has 0 spiro atoms. The largest absolute Gasteiger partial charge is 0.352 e. The van der Waals surface area contributed by atoms with Crippen LogP contribution in [0.3, 0.4) is 0 Å². The van der Waals surface area contributed by atoms with Crippen molar-refractivity contribution in [2.45, 2.75) is 24.1 Å². The van der Waals surface area contributed by atoms with Crippen molar-refractivity contribution in [1.29, 1.82) is 0 Å². The van der Waals surface area contributed by atoms with Crippen molar-refractivity contribution in [3.8, 4) is 0 Å². The summed E-state index contributed by atoms with van der Waals surface area (Å²) in [6, 6.07) is 3.35. The summed E-state index contributed by atoms with van der Waals surface area (Å²) in [5, 5.41) is 7.01. The molecule has 1 fully saturated rings. The Balaban J connectivity index is 1.75. The van der Waals surface area contributed by atoms with Gasteiger partial charge in [-0.25, -0.2) is 8.42 Å². The van der Waals surface area contributed by atoms with Crippen LogP contribution in [-0.2, 0) is 19.6 Å². The molecule has 1 aliphatic heterocycles. The first-order valence-electron chi connectivity index (χ1n) is 8.11. The predicted octanol–water partition coefficient (Wildman–Crippen LogP) is -0.305. The topological polar surface area (TPSA) is 98.8 Å². The van der Waals surface area contributed by atoms with Crippen LogP contribution in [-0.4, -0.2) is 74.7 Å². The highest BCUT2D eigenvalue weighted by molar-refractivity contribution is 7.91. The fraction of sp³-hybridized carbons (Fsp3) is 0.600. The number of sulfonamides is 1. The molecule has 0 atom stereocenters. The lowest BCUT2D eigenvalue weighted by molar-refractivity contribution is -0.127. The molecule has 8 nitrogen and oxygen atoms in total. The van der Waals surface area contributed by atoms with Crippen molar-refractivity contribution in [3.05, 3.63) is 17.5 Å². The number of amides is 2. The Morgan fingerprint density at radius 3 is 2.44 bits per heavy atom. The Morgan fingerprint density at radius 2 is 1.88 bits per heavy atom. The first kappa shape index (κ1) is 19.8. The fourth-order valence-electron chi connectivity index (χ4n) is 2.48. The van der Waals surface area contributed by atoms with E-state index in [9.17, 15) is 18.0 Å². The summed E-state index contributed by atoms with van der Waals surface area (Å²) in [5.41, 5.74) is 0. The van der Waals surface area contributed by atoms with Crippen LogP contribution in [0.4, 0.5) is 0 Å². The molecule has 0 unspecified atom stereocenters. The molecule has 0 aromatic carbocycles. The number of hydrogen-bond donors (Lipinski definition) is 2. The lowest BCUT2D eigenvalue weighted by atomic mass is 10.3. The van der Waals surface area contributed by atoms with Crippen LogP contribution in [0.15, 0.2) is 21.7 Å². The summed E-state index contributed by atoms with van der Waals surface area (Å²) in [6.07, 6.45) is 0. The second kappa shape index (κ2) is 8.75. The van der Waals surface area contributed by atoms with Gasteiger partial charge in [0.25, 0.3) is 10.0 Å². The summed E-state index contributed by atoms with van der Waals surface area (Å²) in [5.74, 6) is -0.469. The van der Waals surface area contributed by atoms with Gasteiger partial charge in [-0.05, 0) is 25.3 Å². The van der Waals surface area contributed by atoms with Crippen molar-refractivity contribution < 1.29 is 18.0 Å². The highest BCUT2D eigenvalue weighted by Gasteiger charge is 2.29. The number of piperazine rings is 1. The van der Waals surface area contributed by atoms with E-state index in [2.05, 4.69) is 10.6 Å². The molecule has 2 N–H and O–H groups in total. The molecule has 2 amide bonds. The maximum absolute atomic E-state index is 12.4. The molecule has 1 aromatic rings. The van der Waals surface area contributed by atoms with Crippen LogP contribution >= 0.6 is 11.3 Å². The van der Waals surface area contributed by atoms with E-state index >= 15 is 0 Å². The van der Waals surface area contributed by atoms with Crippen LogP contribution in [0.2, 0.25) is 0 Å². The number of thiophene rings is 1. The van der Waals surface area contributed by atoms with Crippen LogP contribution in [0.1, 0.15) is 13.8 Å². The van der Waals surface area contributed by atoms with Gasteiger partial charge in [0, 0.05) is 32.2 Å². The Bertz CT molecular complexity index is 680. The summed E-state index contributed by atoms with van der Waals surface area (Å²) in [7, 11) is -3.43. The standard InChI is InChI=1S/C15H24N4O4S2/c1-12(2)17-13(20)10-16-14(21)11-18-5-7-19(8-6-18)25(22,23)15-4-3-9-24-15/h3-4,9,12H,5-8,10-11H2,1-2H3,(H,16,21)(H,17,20). The van der Waals surface area contributed by atoms with Gasteiger partial charge in [0.05, 0.1) is 13.1 Å². The molecule has 140 valence electrons. The molecule has 25 heavy (non-hydrogen) atoms. The van der Waals surface area contributed by atoms with Crippen LogP contribution < -0.4 is 10.6 Å². The lowest BCUT2D eigenvalue weighted by Crippen LogP contribution is -2.51. The summed E-state index contributed by atoms with van der Waals surface area (Å²) in [6.45, 7) is 5.47. The van der Waals surface area contributed by atoms with Crippen molar-refractivity contribution in [3.63, 3.8) is 0 Å². The monoisotopic (exact) mass is 388 g/mol. The third-order valence-electron chi connectivity index (χ3n) is 3.68. The molecule has 0 aliphatic carbocycles. The minimum atomic E-state index is -3.43. The van der Waals surface area contributed by atoms with Gasteiger partial charge in [0.1, 0.15) is 4.21 Å². The van der Waals surface area contributed by atoms with Gasteiger partial charge in [0.2, 0.25) is 11.8 Å². The Labute approximate surface area is 152 Å². The molecule has 10 heteroatoms. The minimum Gasteiger partial charge on any atom is -0.352 e. The molecule has 2 rings (SSSR count). The predicted molar refractivity (Wildman–Crippen MR) is 95.8 cm³/mol. The molecule has 0 saturated carbocycles. The van der Waals surface area contributed by atoms with Gasteiger partial charge >= 0.3 is 0 Å². The zero-order valence-corrected chi connectivity index (χ0v) is 16.0. The third kappa shape index (κ3) is 5.77. The van der Waals surface area contributed by atoms with Crippen molar-refractivity contribution in [2.75, 3.05) is 39.3 Å². The highest BCUT2D eigenvalue weighted by Crippen LogP contribution is 2.21. The van der Waals surface area contributed by atoms with Gasteiger partial charge in [-0.1, -0.05) is 6.07 Å². The zero-order valence-electron chi connectivity index (χ0n) is 14.4. The number of nitrogens with one attached hydrogen (secondary N) is 2. The van der Waals surface area contributed by atoms with Gasteiger partial charge in [-0.3, -0.25) is 14.5 Å². The number of rotatable bonds is 7. The van der Waals surface area contributed by atoms with Gasteiger partial charge in [0.15, 0.2) is 0 Å². The number of carbonyl (C=O) groups is 2. The van der Waals surface area contributed by atoms with Crippen molar-refractivity contribution >= 4 is 33.2 Å². The molecule has 1 aromatic heterocycles. The van der Waals surface area contributed by atoms with Crippen LogP contribution in [0.25, 0.3) is 0 Å². The lowest BCUT2D eigenvalue weighted by Gasteiger charge is -2.33. The maximum Gasteiger partial charge on any atom is 0.252 e.